The summed E-state index contributed by atoms with van der Waals surface area (Å²) in [5.74, 6) is 0.617. The molecule has 0 bridgehead atoms. The van der Waals surface area contributed by atoms with Gasteiger partial charge >= 0.3 is 0 Å². The molecule has 1 saturated heterocycles. The molecule has 0 spiro atoms. The Morgan fingerprint density at radius 2 is 1.79 bits per heavy atom. The lowest BCUT2D eigenvalue weighted by molar-refractivity contribution is -0.130. The Morgan fingerprint density at radius 1 is 1.21 bits per heavy atom. The van der Waals surface area contributed by atoms with E-state index in [0.29, 0.717) is 19.1 Å². The molecule has 134 valence electrons. The van der Waals surface area contributed by atoms with Crippen molar-refractivity contribution in [2.45, 2.75) is 58.7 Å². The zero-order chi connectivity index (χ0) is 18.1. The lowest BCUT2D eigenvalue weighted by atomic mass is 9.90. The van der Waals surface area contributed by atoms with Crippen LogP contribution in [0, 0.1) is 12.8 Å². The number of amides is 1. The van der Waals surface area contributed by atoms with Crippen molar-refractivity contribution in [1.29, 1.82) is 0 Å². The van der Waals surface area contributed by atoms with Crippen molar-refractivity contribution < 1.29 is 9.22 Å². The number of hydrogen-bond donors (Lipinski definition) is 0. The smallest absolute Gasteiger partial charge is 0.226 e. The minimum Gasteiger partial charge on any atom is -0.415 e. The van der Waals surface area contributed by atoms with Crippen molar-refractivity contribution in [2.24, 2.45) is 5.92 Å². The maximum absolute atomic E-state index is 12.6. The first kappa shape index (κ1) is 19.2. The maximum atomic E-state index is 12.6. The third kappa shape index (κ3) is 4.09. The first-order chi connectivity index (χ1) is 11.0. The first-order valence-corrected chi connectivity index (χ1v) is 11.9. The molecule has 1 aliphatic heterocycles. The molecule has 4 heteroatoms. The highest BCUT2D eigenvalue weighted by Crippen LogP contribution is 2.37. The van der Waals surface area contributed by atoms with Gasteiger partial charge in [-0.3, -0.25) is 4.79 Å². The highest BCUT2D eigenvalue weighted by atomic mass is 28.4. The minimum absolute atomic E-state index is 0.0561. The summed E-state index contributed by atoms with van der Waals surface area (Å²) in [5.41, 5.74) is 2.53. The fraction of sp³-hybridized carbons (Fsp3) is 0.650. The van der Waals surface area contributed by atoms with Crippen molar-refractivity contribution in [3.63, 3.8) is 0 Å². The van der Waals surface area contributed by atoms with Crippen LogP contribution >= 0.6 is 0 Å². The molecule has 24 heavy (non-hydrogen) atoms. The fourth-order valence-electron chi connectivity index (χ4n) is 2.98. The molecular formula is C20H33NO2Si. The van der Waals surface area contributed by atoms with Crippen LogP contribution in [0.4, 0.5) is 0 Å². The Kier molecular flexibility index (Phi) is 5.60. The molecule has 0 unspecified atom stereocenters. The predicted octanol–water partition coefficient (Wildman–Crippen LogP) is 4.58. The van der Waals surface area contributed by atoms with Gasteiger partial charge in [-0.2, -0.15) is 0 Å². The number of nitrogens with zero attached hydrogens (tertiary/aromatic N) is 1. The number of likely N-dealkylation sites (tertiary alicyclic amines) is 1. The average molecular weight is 348 g/mol. The quantitative estimate of drug-likeness (QED) is 0.730. The van der Waals surface area contributed by atoms with Crippen molar-refractivity contribution in [2.75, 3.05) is 19.7 Å². The maximum Gasteiger partial charge on any atom is 0.226 e. The van der Waals surface area contributed by atoms with Crippen LogP contribution in [0.3, 0.4) is 0 Å². The summed E-state index contributed by atoms with van der Waals surface area (Å²) in [6.45, 7) is 17.6. The Morgan fingerprint density at radius 3 is 2.33 bits per heavy atom. The van der Waals surface area contributed by atoms with Gasteiger partial charge < -0.3 is 9.33 Å². The molecule has 1 aromatic rings. The molecule has 2 atom stereocenters. The zero-order valence-corrected chi connectivity index (χ0v) is 17.3. The summed E-state index contributed by atoms with van der Waals surface area (Å²) >= 11 is 0. The van der Waals surface area contributed by atoms with Crippen molar-refractivity contribution in [1.82, 2.24) is 4.90 Å². The van der Waals surface area contributed by atoms with Gasteiger partial charge in [0.15, 0.2) is 8.32 Å². The number of carbonyl (C=O) groups is 1. The summed E-state index contributed by atoms with van der Waals surface area (Å²) in [6.07, 6.45) is 0. The lowest BCUT2D eigenvalue weighted by Crippen LogP contribution is -2.43. The second-order valence-electron chi connectivity index (χ2n) is 8.70. The van der Waals surface area contributed by atoms with E-state index in [1.165, 1.54) is 11.1 Å². The summed E-state index contributed by atoms with van der Waals surface area (Å²) in [6, 6.07) is 8.60. The third-order valence-corrected chi connectivity index (χ3v) is 10.4. The molecule has 1 aromatic carbocycles. The van der Waals surface area contributed by atoms with Gasteiger partial charge in [-0.25, -0.2) is 0 Å². The fourth-order valence-corrected chi connectivity index (χ4v) is 4.02. The van der Waals surface area contributed by atoms with E-state index < -0.39 is 8.32 Å². The molecular weight excluding hydrogens is 314 g/mol. The molecule has 0 aliphatic carbocycles. The van der Waals surface area contributed by atoms with Gasteiger partial charge in [0.1, 0.15) is 0 Å². The predicted molar refractivity (Wildman–Crippen MR) is 103 cm³/mol. The topological polar surface area (TPSA) is 29.5 Å². The van der Waals surface area contributed by atoms with E-state index >= 15 is 0 Å². The molecule has 0 radical (unpaired) electrons. The van der Waals surface area contributed by atoms with Crippen LogP contribution in [-0.4, -0.2) is 38.8 Å². The zero-order valence-electron chi connectivity index (χ0n) is 16.3. The van der Waals surface area contributed by atoms with Gasteiger partial charge in [-0.1, -0.05) is 57.5 Å². The van der Waals surface area contributed by atoms with Crippen LogP contribution in [0.5, 0.6) is 0 Å². The SMILES string of the molecule is Cc1ccc([C@@H]2CN(CCO[Si](C)(C)C(C)(C)C)C(=O)[C@H]2C)cc1. The first-order valence-electron chi connectivity index (χ1n) is 9.02. The molecule has 0 saturated carbocycles. The van der Waals surface area contributed by atoms with E-state index in [4.69, 9.17) is 4.43 Å². The number of carbonyl (C=O) groups excluding carboxylic acids is 1. The van der Waals surface area contributed by atoms with E-state index in [9.17, 15) is 4.79 Å². The Balaban J connectivity index is 1.96. The largest absolute Gasteiger partial charge is 0.415 e. The standard InChI is InChI=1S/C20H33NO2Si/c1-15-8-10-17(11-9-15)18-14-21(19(22)16(18)2)12-13-23-24(6,7)20(3,4)5/h8-11,16,18H,12-14H2,1-7H3/t16-,18+/m0/s1. The molecule has 1 fully saturated rings. The molecule has 2 rings (SSSR count). The van der Waals surface area contributed by atoms with Crippen molar-refractivity contribution in [3.05, 3.63) is 35.4 Å². The van der Waals surface area contributed by atoms with Gasteiger partial charge in [0.25, 0.3) is 0 Å². The summed E-state index contributed by atoms with van der Waals surface area (Å²) in [7, 11) is -1.74. The second kappa shape index (κ2) is 7.01. The van der Waals surface area contributed by atoms with Gasteiger partial charge in [0.05, 0.1) is 6.61 Å². The normalized spacial score (nSPS) is 22.3. The average Bonchev–Trinajstić information content (AvgIpc) is 2.75. The number of benzene rings is 1. The van der Waals surface area contributed by atoms with E-state index in [2.05, 4.69) is 72.0 Å². The minimum atomic E-state index is -1.74. The molecule has 0 N–H and O–H groups in total. The van der Waals surface area contributed by atoms with Crippen LogP contribution in [-0.2, 0) is 9.22 Å². The van der Waals surface area contributed by atoms with Gasteiger partial charge in [-0.05, 0) is 30.6 Å². The summed E-state index contributed by atoms with van der Waals surface area (Å²) in [5, 5.41) is 0.208. The molecule has 0 aromatic heterocycles. The van der Waals surface area contributed by atoms with Gasteiger partial charge in [0, 0.05) is 24.9 Å². The Hall–Kier alpha value is -1.13. The molecule has 3 nitrogen and oxygen atoms in total. The van der Waals surface area contributed by atoms with E-state index in [1.807, 2.05) is 4.90 Å². The van der Waals surface area contributed by atoms with Crippen LogP contribution in [0.2, 0.25) is 18.1 Å². The lowest BCUT2D eigenvalue weighted by Gasteiger charge is -2.36. The van der Waals surface area contributed by atoms with E-state index in [-0.39, 0.29) is 16.9 Å². The van der Waals surface area contributed by atoms with Crippen molar-refractivity contribution in [3.8, 4) is 0 Å². The summed E-state index contributed by atoms with van der Waals surface area (Å²) < 4.78 is 6.24. The van der Waals surface area contributed by atoms with Crippen LogP contribution in [0.25, 0.3) is 0 Å². The van der Waals surface area contributed by atoms with E-state index in [1.54, 1.807) is 0 Å². The monoisotopic (exact) mass is 347 g/mol. The molecule has 1 aliphatic rings. The van der Waals surface area contributed by atoms with Crippen LogP contribution < -0.4 is 0 Å². The number of rotatable bonds is 5. The third-order valence-electron chi connectivity index (χ3n) is 5.86. The second-order valence-corrected chi connectivity index (χ2v) is 13.5. The Labute approximate surface area is 148 Å². The van der Waals surface area contributed by atoms with Crippen LogP contribution in [0.1, 0.15) is 44.7 Å². The van der Waals surface area contributed by atoms with Gasteiger partial charge in [0.2, 0.25) is 5.91 Å². The number of aryl methyl sites for hydroxylation is 1. The number of hydrogen-bond acceptors (Lipinski definition) is 2. The van der Waals surface area contributed by atoms with Crippen molar-refractivity contribution >= 4 is 14.2 Å². The summed E-state index contributed by atoms with van der Waals surface area (Å²) in [4.78, 5) is 14.6. The van der Waals surface area contributed by atoms with Gasteiger partial charge in [-0.15, -0.1) is 0 Å². The molecule has 1 heterocycles. The Bertz CT molecular complexity index is 574. The highest BCUT2D eigenvalue weighted by molar-refractivity contribution is 6.74. The van der Waals surface area contributed by atoms with E-state index in [0.717, 1.165) is 6.54 Å². The highest BCUT2D eigenvalue weighted by Gasteiger charge is 2.39. The molecule has 1 amide bonds. The van der Waals surface area contributed by atoms with Crippen LogP contribution in [0.15, 0.2) is 24.3 Å².